The predicted molar refractivity (Wildman–Crippen MR) is 118 cm³/mol. The van der Waals surface area contributed by atoms with Crippen LogP contribution in [0.3, 0.4) is 0 Å². The van der Waals surface area contributed by atoms with E-state index in [4.69, 9.17) is 4.99 Å². The Kier molecular flexibility index (Phi) is 7.82. The van der Waals surface area contributed by atoms with Crippen molar-refractivity contribution in [3.8, 4) is 0 Å². The summed E-state index contributed by atoms with van der Waals surface area (Å²) in [4.78, 5) is 16.6. The standard InChI is InChI=1S/C22H33N7O/c1-16-27-28-20(29(16)3)15-25-22(26-19-10-5-4-6-11-19)24-13-12-17-8-7-9-18(14-17)21(30)23-2/h7-9,14,19H,4-6,10-13,15H2,1-3H3,(H,23,30)(H2,24,25,26). The molecule has 162 valence electrons. The van der Waals surface area contributed by atoms with Crippen LogP contribution in [0.25, 0.3) is 0 Å². The van der Waals surface area contributed by atoms with Gasteiger partial charge in [-0.25, -0.2) is 4.99 Å². The van der Waals surface area contributed by atoms with Crippen LogP contribution in [0.4, 0.5) is 0 Å². The quantitative estimate of drug-likeness (QED) is 0.479. The fourth-order valence-corrected chi connectivity index (χ4v) is 3.67. The fourth-order valence-electron chi connectivity index (χ4n) is 3.67. The van der Waals surface area contributed by atoms with Gasteiger partial charge in [0.05, 0.1) is 0 Å². The maximum atomic E-state index is 11.8. The molecule has 8 nitrogen and oxygen atoms in total. The van der Waals surface area contributed by atoms with Gasteiger partial charge in [-0.3, -0.25) is 4.79 Å². The van der Waals surface area contributed by atoms with Crippen molar-refractivity contribution < 1.29 is 4.79 Å². The van der Waals surface area contributed by atoms with Gasteiger partial charge in [-0.1, -0.05) is 31.4 Å². The van der Waals surface area contributed by atoms with Crippen LogP contribution in [0.15, 0.2) is 29.3 Å². The minimum atomic E-state index is -0.0648. The van der Waals surface area contributed by atoms with Crippen LogP contribution in [-0.4, -0.2) is 46.3 Å². The van der Waals surface area contributed by atoms with Crippen molar-refractivity contribution >= 4 is 11.9 Å². The molecule has 1 heterocycles. The Bertz CT molecular complexity index is 868. The van der Waals surface area contributed by atoms with Gasteiger partial charge in [-0.15, -0.1) is 10.2 Å². The number of rotatable bonds is 7. The zero-order chi connectivity index (χ0) is 21.3. The van der Waals surface area contributed by atoms with Crippen molar-refractivity contribution in [2.24, 2.45) is 12.0 Å². The van der Waals surface area contributed by atoms with E-state index in [1.165, 1.54) is 32.1 Å². The van der Waals surface area contributed by atoms with E-state index >= 15 is 0 Å². The highest BCUT2D eigenvalue weighted by molar-refractivity contribution is 5.94. The second-order valence-electron chi connectivity index (χ2n) is 7.82. The molecule has 1 saturated carbocycles. The van der Waals surface area contributed by atoms with E-state index in [1.807, 2.05) is 42.8 Å². The predicted octanol–water partition coefficient (Wildman–Crippen LogP) is 2.09. The second-order valence-corrected chi connectivity index (χ2v) is 7.82. The number of hydrogen-bond acceptors (Lipinski definition) is 4. The highest BCUT2D eigenvalue weighted by atomic mass is 16.1. The Morgan fingerprint density at radius 3 is 2.73 bits per heavy atom. The third-order valence-electron chi connectivity index (χ3n) is 5.63. The topological polar surface area (TPSA) is 96.2 Å². The number of aromatic nitrogens is 3. The number of nitrogens with zero attached hydrogens (tertiary/aromatic N) is 4. The average molecular weight is 412 g/mol. The summed E-state index contributed by atoms with van der Waals surface area (Å²) >= 11 is 0. The number of nitrogens with one attached hydrogen (secondary N) is 3. The SMILES string of the molecule is CNC(=O)c1cccc(CCNC(=NCc2nnc(C)n2C)NC2CCCCC2)c1. The Labute approximate surface area is 178 Å². The van der Waals surface area contributed by atoms with Gasteiger partial charge in [-0.05, 0) is 43.9 Å². The lowest BCUT2D eigenvalue weighted by Crippen LogP contribution is -2.44. The van der Waals surface area contributed by atoms with Gasteiger partial charge >= 0.3 is 0 Å². The Hall–Kier alpha value is -2.90. The van der Waals surface area contributed by atoms with Crippen molar-refractivity contribution in [2.75, 3.05) is 13.6 Å². The molecule has 1 aliphatic rings. The highest BCUT2D eigenvalue weighted by Gasteiger charge is 2.15. The number of carbonyl (C=O) groups is 1. The minimum Gasteiger partial charge on any atom is -0.356 e. The van der Waals surface area contributed by atoms with Crippen molar-refractivity contribution in [3.05, 3.63) is 47.0 Å². The first-order valence-electron chi connectivity index (χ1n) is 10.8. The van der Waals surface area contributed by atoms with Crippen LogP contribution in [0.5, 0.6) is 0 Å². The summed E-state index contributed by atoms with van der Waals surface area (Å²) in [7, 11) is 3.61. The molecule has 2 aromatic rings. The van der Waals surface area contributed by atoms with E-state index in [9.17, 15) is 4.79 Å². The lowest BCUT2D eigenvalue weighted by Gasteiger charge is -2.25. The average Bonchev–Trinajstić information content (AvgIpc) is 3.10. The number of amides is 1. The first-order chi connectivity index (χ1) is 14.6. The molecule has 30 heavy (non-hydrogen) atoms. The highest BCUT2D eigenvalue weighted by Crippen LogP contribution is 2.17. The number of guanidine groups is 1. The number of hydrogen-bond donors (Lipinski definition) is 3. The summed E-state index contributed by atoms with van der Waals surface area (Å²) in [5, 5.41) is 18.0. The summed E-state index contributed by atoms with van der Waals surface area (Å²) in [6.45, 7) is 3.14. The van der Waals surface area contributed by atoms with E-state index in [0.717, 1.165) is 36.1 Å². The zero-order valence-electron chi connectivity index (χ0n) is 18.2. The summed E-state index contributed by atoms with van der Waals surface area (Å²) in [5.74, 6) is 2.47. The van der Waals surface area contributed by atoms with Crippen LogP contribution >= 0.6 is 0 Å². The molecule has 0 spiro atoms. The van der Waals surface area contributed by atoms with Crippen molar-refractivity contribution in [1.82, 2.24) is 30.7 Å². The van der Waals surface area contributed by atoms with Crippen LogP contribution < -0.4 is 16.0 Å². The molecule has 0 aliphatic heterocycles. The summed E-state index contributed by atoms with van der Waals surface area (Å²) in [6, 6.07) is 8.19. The van der Waals surface area contributed by atoms with Crippen LogP contribution in [-0.2, 0) is 20.0 Å². The van der Waals surface area contributed by atoms with Gasteiger partial charge < -0.3 is 20.5 Å². The van der Waals surface area contributed by atoms with Crippen LogP contribution in [0.1, 0.15) is 59.7 Å². The summed E-state index contributed by atoms with van der Waals surface area (Å²) in [6.07, 6.45) is 7.01. The second kappa shape index (κ2) is 10.8. The third-order valence-corrected chi connectivity index (χ3v) is 5.63. The molecule has 0 radical (unpaired) electrons. The van der Waals surface area contributed by atoms with E-state index in [2.05, 4.69) is 26.1 Å². The maximum absolute atomic E-state index is 11.8. The number of aryl methyl sites for hydroxylation is 1. The van der Waals surface area contributed by atoms with E-state index in [1.54, 1.807) is 7.05 Å². The van der Waals surface area contributed by atoms with Crippen molar-refractivity contribution in [3.63, 3.8) is 0 Å². The molecule has 1 aliphatic carbocycles. The Balaban J connectivity index is 1.62. The molecule has 0 unspecified atom stereocenters. The lowest BCUT2D eigenvalue weighted by molar-refractivity contribution is 0.0963. The fraction of sp³-hybridized carbons (Fsp3) is 0.545. The lowest BCUT2D eigenvalue weighted by atomic mass is 9.96. The Morgan fingerprint density at radius 2 is 2.03 bits per heavy atom. The van der Waals surface area contributed by atoms with E-state index in [-0.39, 0.29) is 5.91 Å². The monoisotopic (exact) mass is 411 g/mol. The minimum absolute atomic E-state index is 0.0648. The Morgan fingerprint density at radius 1 is 1.23 bits per heavy atom. The normalized spacial score (nSPS) is 15.1. The van der Waals surface area contributed by atoms with Gasteiger partial charge in [0.1, 0.15) is 12.4 Å². The molecule has 3 rings (SSSR count). The first-order valence-corrected chi connectivity index (χ1v) is 10.8. The molecule has 1 aromatic heterocycles. The molecule has 8 heteroatoms. The largest absolute Gasteiger partial charge is 0.356 e. The first kappa shape index (κ1) is 21.8. The number of benzene rings is 1. The molecule has 1 aromatic carbocycles. The molecule has 1 fully saturated rings. The van der Waals surface area contributed by atoms with E-state index < -0.39 is 0 Å². The number of aliphatic imine (C=N–C) groups is 1. The van der Waals surface area contributed by atoms with Crippen LogP contribution in [0, 0.1) is 6.92 Å². The van der Waals surface area contributed by atoms with Crippen molar-refractivity contribution in [1.29, 1.82) is 0 Å². The van der Waals surface area contributed by atoms with Gasteiger partial charge in [0.25, 0.3) is 5.91 Å². The van der Waals surface area contributed by atoms with Gasteiger partial charge in [0.2, 0.25) is 0 Å². The van der Waals surface area contributed by atoms with Gasteiger partial charge in [0, 0.05) is 32.2 Å². The van der Waals surface area contributed by atoms with E-state index in [0.29, 0.717) is 18.2 Å². The van der Waals surface area contributed by atoms with Gasteiger partial charge in [0.15, 0.2) is 11.8 Å². The van der Waals surface area contributed by atoms with Crippen molar-refractivity contribution in [2.45, 2.75) is 58.0 Å². The smallest absolute Gasteiger partial charge is 0.251 e. The molecular weight excluding hydrogens is 378 g/mol. The van der Waals surface area contributed by atoms with Crippen LogP contribution in [0.2, 0.25) is 0 Å². The third kappa shape index (κ3) is 6.05. The summed E-state index contributed by atoms with van der Waals surface area (Å²) < 4.78 is 1.96. The molecule has 3 N–H and O–H groups in total. The molecule has 0 saturated heterocycles. The number of carbonyl (C=O) groups excluding carboxylic acids is 1. The zero-order valence-corrected chi connectivity index (χ0v) is 18.2. The van der Waals surface area contributed by atoms with Gasteiger partial charge in [-0.2, -0.15) is 0 Å². The molecule has 1 amide bonds. The molecule has 0 atom stereocenters. The summed E-state index contributed by atoms with van der Waals surface area (Å²) in [5.41, 5.74) is 1.80. The molecule has 0 bridgehead atoms. The molecular formula is C22H33N7O. The maximum Gasteiger partial charge on any atom is 0.251 e.